The number of hydrogen-bond donors (Lipinski definition) is 0. The van der Waals surface area contributed by atoms with Crippen molar-refractivity contribution in [3.63, 3.8) is 0 Å². The molecule has 0 aromatic carbocycles. The van der Waals surface area contributed by atoms with Crippen molar-refractivity contribution in [2.24, 2.45) is 5.92 Å². The van der Waals surface area contributed by atoms with Crippen LogP contribution in [-0.4, -0.2) is 41.7 Å². The third-order valence-electron chi connectivity index (χ3n) is 3.63. The third-order valence-corrected chi connectivity index (χ3v) is 3.63. The molecule has 2 heterocycles. The summed E-state index contributed by atoms with van der Waals surface area (Å²) < 4.78 is 42.1. The number of aromatic nitrogens is 1. The first-order chi connectivity index (χ1) is 10.4. The Kier molecular flexibility index (Phi) is 5.63. The lowest BCUT2D eigenvalue weighted by Crippen LogP contribution is -2.41. The van der Waals surface area contributed by atoms with Crippen molar-refractivity contribution in [3.05, 3.63) is 24.5 Å². The largest absolute Gasteiger partial charge is 0.493 e. The molecule has 1 aliphatic rings. The standard InChI is InChI=1S/C15H19F3N2O2/c16-15(17,18)6-3-14(21)20-9-1-2-12(10-20)11-22-13-4-7-19-8-5-13/h4-5,7-8,12H,1-3,6,9-11H2. The molecule has 1 aliphatic heterocycles. The van der Waals surface area contributed by atoms with E-state index in [1.54, 1.807) is 24.5 Å². The van der Waals surface area contributed by atoms with Crippen molar-refractivity contribution >= 4 is 5.91 Å². The number of likely N-dealkylation sites (tertiary alicyclic amines) is 1. The summed E-state index contributed by atoms with van der Waals surface area (Å²) in [5.74, 6) is 0.429. The van der Waals surface area contributed by atoms with Gasteiger partial charge in [0.2, 0.25) is 5.91 Å². The summed E-state index contributed by atoms with van der Waals surface area (Å²) >= 11 is 0. The molecule has 1 amide bonds. The zero-order valence-electron chi connectivity index (χ0n) is 12.2. The van der Waals surface area contributed by atoms with E-state index >= 15 is 0 Å². The number of rotatable bonds is 5. The number of halogens is 3. The summed E-state index contributed by atoms with van der Waals surface area (Å²) in [6.07, 6.45) is -0.847. The Morgan fingerprint density at radius 1 is 1.36 bits per heavy atom. The van der Waals surface area contributed by atoms with Crippen molar-refractivity contribution in [1.29, 1.82) is 0 Å². The predicted molar refractivity (Wildman–Crippen MR) is 74.3 cm³/mol. The van der Waals surface area contributed by atoms with Crippen LogP contribution in [0.5, 0.6) is 5.75 Å². The summed E-state index contributed by atoms with van der Waals surface area (Å²) in [5.41, 5.74) is 0. The number of piperidine rings is 1. The highest BCUT2D eigenvalue weighted by atomic mass is 19.4. The van der Waals surface area contributed by atoms with Crippen LogP contribution in [0.4, 0.5) is 13.2 Å². The Morgan fingerprint density at radius 2 is 2.09 bits per heavy atom. The number of nitrogens with zero attached hydrogens (tertiary/aromatic N) is 2. The smallest absolute Gasteiger partial charge is 0.389 e. The second-order valence-corrected chi connectivity index (χ2v) is 5.46. The maximum Gasteiger partial charge on any atom is 0.389 e. The van der Waals surface area contributed by atoms with Gasteiger partial charge in [0.1, 0.15) is 5.75 Å². The predicted octanol–water partition coefficient (Wildman–Crippen LogP) is 3.04. The van der Waals surface area contributed by atoms with Gasteiger partial charge in [-0.2, -0.15) is 13.2 Å². The first-order valence-corrected chi connectivity index (χ1v) is 7.31. The molecule has 122 valence electrons. The van der Waals surface area contributed by atoms with E-state index in [4.69, 9.17) is 4.74 Å². The van der Waals surface area contributed by atoms with E-state index in [9.17, 15) is 18.0 Å². The van der Waals surface area contributed by atoms with Gasteiger partial charge in [0.05, 0.1) is 13.0 Å². The van der Waals surface area contributed by atoms with Crippen molar-refractivity contribution < 1.29 is 22.7 Å². The molecule has 7 heteroatoms. The van der Waals surface area contributed by atoms with Crippen LogP contribution < -0.4 is 4.74 Å². The van der Waals surface area contributed by atoms with Crippen LogP contribution in [0.1, 0.15) is 25.7 Å². The summed E-state index contributed by atoms with van der Waals surface area (Å²) in [5, 5.41) is 0. The van der Waals surface area contributed by atoms with Gasteiger partial charge >= 0.3 is 6.18 Å². The summed E-state index contributed by atoms with van der Waals surface area (Å²) in [7, 11) is 0. The van der Waals surface area contributed by atoms with Crippen LogP contribution in [0.15, 0.2) is 24.5 Å². The van der Waals surface area contributed by atoms with Gasteiger partial charge in [0.25, 0.3) is 0 Å². The van der Waals surface area contributed by atoms with Gasteiger partial charge in [-0.15, -0.1) is 0 Å². The minimum absolute atomic E-state index is 0.150. The van der Waals surface area contributed by atoms with E-state index < -0.39 is 24.9 Å². The normalized spacial score (nSPS) is 19.0. The van der Waals surface area contributed by atoms with Gasteiger partial charge in [0, 0.05) is 37.8 Å². The minimum atomic E-state index is -4.28. The molecule has 1 saturated heterocycles. The third kappa shape index (κ3) is 5.54. The summed E-state index contributed by atoms with van der Waals surface area (Å²) in [6.45, 7) is 1.44. The Labute approximate surface area is 127 Å². The molecule has 1 aromatic rings. The molecule has 1 unspecified atom stereocenters. The Morgan fingerprint density at radius 3 is 2.77 bits per heavy atom. The van der Waals surface area contributed by atoms with Crippen molar-refractivity contribution in [3.8, 4) is 5.75 Å². The SMILES string of the molecule is O=C(CCC(F)(F)F)N1CCCC(COc2ccncc2)C1. The topological polar surface area (TPSA) is 42.4 Å². The number of amides is 1. The monoisotopic (exact) mass is 316 g/mol. The van der Waals surface area contributed by atoms with Crippen LogP contribution in [0.25, 0.3) is 0 Å². The fourth-order valence-electron chi connectivity index (χ4n) is 2.48. The summed E-state index contributed by atoms with van der Waals surface area (Å²) in [4.78, 5) is 17.3. The van der Waals surface area contributed by atoms with E-state index in [1.807, 2.05) is 0 Å². The fourth-order valence-corrected chi connectivity index (χ4v) is 2.48. The van der Waals surface area contributed by atoms with Crippen molar-refractivity contribution in [2.75, 3.05) is 19.7 Å². The quantitative estimate of drug-likeness (QED) is 0.838. The second-order valence-electron chi connectivity index (χ2n) is 5.46. The highest BCUT2D eigenvalue weighted by molar-refractivity contribution is 5.76. The number of carbonyl (C=O) groups is 1. The number of carbonyl (C=O) groups excluding carboxylic acids is 1. The van der Waals surface area contributed by atoms with Gasteiger partial charge in [-0.3, -0.25) is 9.78 Å². The zero-order valence-corrected chi connectivity index (χ0v) is 12.2. The first kappa shape index (κ1) is 16.6. The molecule has 2 rings (SSSR count). The molecule has 0 bridgehead atoms. The van der Waals surface area contributed by atoms with E-state index in [2.05, 4.69) is 4.98 Å². The first-order valence-electron chi connectivity index (χ1n) is 7.31. The molecule has 0 radical (unpaired) electrons. The highest BCUT2D eigenvalue weighted by Gasteiger charge is 2.30. The van der Waals surface area contributed by atoms with Crippen LogP contribution in [0, 0.1) is 5.92 Å². The van der Waals surface area contributed by atoms with Gasteiger partial charge in [-0.1, -0.05) is 0 Å². The molecule has 0 saturated carbocycles. The van der Waals surface area contributed by atoms with Crippen molar-refractivity contribution in [2.45, 2.75) is 31.9 Å². The maximum absolute atomic E-state index is 12.2. The molecular weight excluding hydrogens is 297 g/mol. The number of ether oxygens (including phenoxy) is 1. The van der Waals surface area contributed by atoms with Crippen LogP contribution >= 0.6 is 0 Å². The molecular formula is C15H19F3N2O2. The lowest BCUT2D eigenvalue weighted by molar-refractivity contribution is -0.150. The highest BCUT2D eigenvalue weighted by Crippen LogP contribution is 2.24. The van der Waals surface area contributed by atoms with Gasteiger partial charge in [-0.05, 0) is 25.0 Å². The van der Waals surface area contributed by atoms with Gasteiger partial charge in [0.15, 0.2) is 0 Å². The van der Waals surface area contributed by atoms with Gasteiger partial charge in [-0.25, -0.2) is 0 Å². The van der Waals surface area contributed by atoms with Crippen LogP contribution in [-0.2, 0) is 4.79 Å². The van der Waals surface area contributed by atoms with Crippen LogP contribution in [0.3, 0.4) is 0 Å². The average Bonchev–Trinajstić information content (AvgIpc) is 2.51. The average molecular weight is 316 g/mol. The van der Waals surface area contributed by atoms with Crippen molar-refractivity contribution in [1.82, 2.24) is 9.88 Å². The molecule has 0 aliphatic carbocycles. The van der Waals surface area contributed by atoms with Gasteiger partial charge < -0.3 is 9.64 Å². The molecule has 1 fully saturated rings. The molecule has 1 atom stereocenters. The summed E-state index contributed by atoms with van der Waals surface area (Å²) in [6, 6.07) is 3.49. The lowest BCUT2D eigenvalue weighted by atomic mass is 9.98. The molecule has 22 heavy (non-hydrogen) atoms. The molecule has 1 aromatic heterocycles. The number of alkyl halides is 3. The zero-order chi connectivity index (χ0) is 16.0. The van der Waals surface area contributed by atoms with E-state index in [1.165, 1.54) is 4.90 Å². The minimum Gasteiger partial charge on any atom is -0.493 e. The van der Waals surface area contributed by atoms with Crippen LogP contribution in [0.2, 0.25) is 0 Å². The van der Waals surface area contributed by atoms with E-state index in [0.29, 0.717) is 25.4 Å². The Balaban J connectivity index is 1.77. The second kappa shape index (κ2) is 7.47. The molecule has 0 N–H and O–H groups in total. The Bertz CT molecular complexity index is 479. The van der Waals surface area contributed by atoms with E-state index in [-0.39, 0.29) is 5.92 Å². The lowest BCUT2D eigenvalue weighted by Gasteiger charge is -2.32. The van der Waals surface area contributed by atoms with E-state index in [0.717, 1.165) is 12.8 Å². The maximum atomic E-state index is 12.2. The molecule has 4 nitrogen and oxygen atoms in total. The fraction of sp³-hybridized carbons (Fsp3) is 0.600. The number of pyridine rings is 1. The Hall–Kier alpha value is -1.79. The number of hydrogen-bond acceptors (Lipinski definition) is 3. The molecule has 0 spiro atoms.